The van der Waals surface area contributed by atoms with Gasteiger partial charge in [0.05, 0.1) is 12.0 Å². The summed E-state index contributed by atoms with van der Waals surface area (Å²) >= 11 is 0. The Morgan fingerprint density at radius 2 is 2.00 bits per heavy atom. The van der Waals surface area contributed by atoms with Crippen LogP contribution in [0.2, 0.25) is 0 Å². The zero-order valence-corrected chi connectivity index (χ0v) is 11.0. The summed E-state index contributed by atoms with van der Waals surface area (Å²) in [7, 11) is 0. The van der Waals surface area contributed by atoms with Crippen molar-refractivity contribution < 1.29 is 14.6 Å². The molecule has 1 aromatic rings. The number of ether oxygens (including phenoxy) is 1. The first-order valence-electron chi connectivity index (χ1n) is 5.88. The van der Waals surface area contributed by atoms with Gasteiger partial charge in [0.25, 0.3) is 0 Å². The van der Waals surface area contributed by atoms with E-state index >= 15 is 0 Å². The van der Waals surface area contributed by atoms with Gasteiger partial charge < -0.3 is 15.2 Å². The second kappa shape index (κ2) is 6.18. The molecule has 0 aliphatic heterocycles. The Hall–Kier alpha value is -1.85. The van der Waals surface area contributed by atoms with Crippen molar-refractivity contribution >= 4 is 11.8 Å². The van der Waals surface area contributed by atoms with Gasteiger partial charge in [-0.1, -0.05) is 0 Å². The van der Waals surface area contributed by atoms with Crippen LogP contribution in [0.15, 0.2) is 12.4 Å². The molecule has 0 aliphatic rings. The summed E-state index contributed by atoms with van der Waals surface area (Å²) in [4.78, 5) is 18.9. The molecule has 2 unspecified atom stereocenters. The predicted octanol–water partition coefficient (Wildman–Crippen LogP) is 1.78. The van der Waals surface area contributed by atoms with Crippen LogP contribution in [-0.4, -0.2) is 33.2 Å². The summed E-state index contributed by atoms with van der Waals surface area (Å²) in [5.74, 6) is -0.323. The topological polar surface area (TPSA) is 84.3 Å². The Bertz CT molecular complexity index is 409. The smallest absolute Gasteiger partial charge is 0.308 e. The zero-order valence-electron chi connectivity index (χ0n) is 11.0. The standard InChI is InChI=1S/C12H19N3O3/c1-7(2)18-11-5-10(13-6-14-11)15-9(4)8(3)12(16)17/h5-9H,1-4H3,(H,16,17)(H,13,14,15). The van der Waals surface area contributed by atoms with Gasteiger partial charge in [-0.15, -0.1) is 0 Å². The van der Waals surface area contributed by atoms with Gasteiger partial charge in [-0.2, -0.15) is 0 Å². The number of aliphatic carboxylic acids is 1. The van der Waals surface area contributed by atoms with Crippen LogP contribution in [0.1, 0.15) is 27.7 Å². The van der Waals surface area contributed by atoms with Crippen molar-refractivity contribution in [2.24, 2.45) is 5.92 Å². The Morgan fingerprint density at radius 3 is 2.56 bits per heavy atom. The molecule has 0 spiro atoms. The number of carboxylic acids is 1. The minimum Gasteiger partial charge on any atom is -0.481 e. The van der Waals surface area contributed by atoms with Crippen LogP contribution in [-0.2, 0) is 4.79 Å². The Morgan fingerprint density at radius 1 is 1.33 bits per heavy atom. The highest BCUT2D eigenvalue weighted by atomic mass is 16.5. The predicted molar refractivity (Wildman–Crippen MR) is 67.7 cm³/mol. The molecule has 0 saturated heterocycles. The minimum absolute atomic E-state index is 0.0307. The summed E-state index contributed by atoms with van der Waals surface area (Å²) in [5.41, 5.74) is 0. The average molecular weight is 253 g/mol. The summed E-state index contributed by atoms with van der Waals surface area (Å²) in [6.07, 6.45) is 1.42. The molecule has 0 bridgehead atoms. The number of hydrogen-bond acceptors (Lipinski definition) is 5. The molecule has 0 aromatic carbocycles. The molecule has 1 aromatic heterocycles. The van der Waals surface area contributed by atoms with Crippen LogP contribution in [0.3, 0.4) is 0 Å². The molecule has 0 aliphatic carbocycles. The monoisotopic (exact) mass is 253 g/mol. The van der Waals surface area contributed by atoms with E-state index in [0.717, 1.165) is 0 Å². The van der Waals surface area contributed by atoms with Gasteiger partial charge in [0.1, 0.15) is 12.1 Å². The molecule has 6 heteroatoms. The van der Waals surface area contributed by atoms with Gasteiger partial charge in [-0.05, 0) is 27.7 Å². The van der Waals surface area contributed by atoms with Crippen molar-refractivity contribution in [3.8, 4) is 5.88 Å². The number of carboxylic acid groups (broad SMARTS) is 1. The SMILES string of the molecule is CC(C)Oc1cc(NC(C)C(C)C(=O)O)ncn1. The van der Waals surface area contributed by atoms with Gasteiger partial charge in [-0.25, -0.2) is 9.97 Å². The number of nitrogens with one attached hydrogen (secondary N) is 1. The number of hydrogen-bond donors (Lipinski definition) is 2. The number of anilines is 1. The molecule has 1 rings (SSSR count). The summed E-state index contributed by atoms with van der Waals surface area (Å²) in [6, 6.07) is 1.43. The first kappa shape index (κ1) is 14.2. The van der Waals surface area contributed by atoms with Crippen LogP contribution in [0.25, 0.3) is 0 Å². The second-order valence-electron chi connectivity index (χ2n) is 4.47. The van der Waals surface area contributed by atoms with Crippen molar-refractivity contribution in [3.05, 3.63) is 12.4 Å². The van der Waals surface area contributed by atoms with Crippen LogP contribution < -0.4 is 10.1 Å². The molecule has 2 atom stereocenters. The molecule has 2 N–H and O–H groups in total. The van der Waals surface area contributed by atoms with E-state index in [0.29, 0.717) is 11.7 Å². The highest BCUT2D eigenvalue weighted by molar-refractivity contribution is 5.71. The second-order valence-corrected chi connectivity index (χ2v) is 4.47. The third-order valence-electron chi connectivity index (χ3n) is 2.51. The molecule has 0 fully saturated rings. The summed E-state index contributed by atoms with van der Waals surface area (Å²) < 4.78 is 5.44. The minimum atomic E-state index is -0.845. The lowest BCUT2D eigenvalue weighted by molar-refractivity contribution is -0.141. The molecular formula is C12H19N3O3. The van der Waals surface area contributed by atoms with E-state index in [9.17, 15) is 4.79 Å². The van der Waals surface area contributed by atoms with Crippen molar-refractivity contribution in [2.45, 2.75) is 39.8 Å². The van der Waals surface area contributed by atoms with Gasteiger partial charge in [-0.3, -0.25) is 4.79 Å². The van der Waals surface area contributed by atoms with E-state index in [1.54, 1.807) is 19.9 Å². The van der Waals surface area contributed by atoms with Crippen LogP contribution in [0.5, 0.6) is 5.88 Å². The van der Waals surface area contributed by atoms with Crippen LogP contribution in [0, 0.1) is 5.92 Å². The Balaban J connectivity index is 2.70. The lowest BCUT2D eigenvalue weighted by Gasteiger charge is -2.18. The maximum atomic E-state index is 10.8. The molecule has 1 heterocycles. The van der Waals surface area contributed by atoms with E-state index in [-0.39, 0.29) is 12.1 Å². The quantitative estimate of drug-likeness (QED) is 0.804. The van der Waals surface area contributed by atoms with E-state index in [1.807, 2.05) is 13.8 Å². The normalized spacial score (nSPS) is 14.1. The molecular weight excluding hydrogens is 234 g/mol. The molecule has 100 valence electrons. The molecule has 0 amide bonds. The van der Waals surface area contributed by atoms with E-state index in [1.165, 1.54) is 6.33 Å². The fourth-order valence-electron chi connectivity index (χ4n) is 1.30. The lowest BCUT2D eigenvalue weighted by Crippen LogP contribution is -2.30. The summed E-state index contributed by atoms with van der Waals surface area (Å²) in [6.45, 7) is 7.26. The van der Waals surface area contributed by atoms with Gasteiger partial charge in [0.2, 0.25) is 5.88 Å². The van der Waals surface area contributed by atoms with Crippen molar-refractivity contribution in [1.29, 1.82) is 0 Å². The maximum absolute atomic E-state index is 10.8. The number of rotatable bonds is 6. The number of carbonyl (C=O) groups is 1. The highest BCUT2D eigenvalue weighted by Crippen LogP contribution is 2.15. The molecule has 18 heavy (non-hydrogen) atoms. The Kier molecular flexibility index (Phi) is 4.88. The van der Waals surface area contributed by atoms with Crippen molar-refractivity contribution in [3.63, 3.8) is 0 Å². The molecule has 6 nitrogen and oxygen atoms in total. The first-order chi connectivity index (χ1) is 8.40. The largest absolute Gasteiger partial charge is 0.481 e. The lowest BCUT2D eigenvalue weighted by atomic mass is 10.0. The number of aromatic nitrogens is 2. The van der Waals surface area contributed by atoms with Gasteiger partial charge >= 0.3 is 5.97 Å². The number of nitrogens with zero attached hydrogens (tertiary/aromatic N) is 2. The average Bonchev–Trinajstić information content (AvgIpc) is 2.27. The molecule has 0 saturated carbocycles. The van der Waals surface area contributed by atoms with Crippen molar-refractivity contribution in [2.75, 3.05) is 5.32 Å². The van der Waals surface area contributed by atoms with E-state index < -0.39 is 11.9 Å². The zero-order chi connectivity index (χ0) is 13.7. The first-order valence-corrected chi connectivity index (χ1v) is 5.88. The van der Waals surface area contributed by atoms with E-state index in [4.69, 9.17) is 9.84 Å². The van der Waals surface area contributed by atoms with Crippen LogP contribution in [0.4, 0.5) is 5.82 Å². The fraction of sp³-hybridized carbons (Fsp3) is 0.583. The van der Waals surface area contributed by atoms with E-state index in [2.05, 4.69) is 15.3 Å². The third kappa shape index (κ3) is 4.20. The van der Waals surface area contributed by atoms with Crippen LogP contribution >= 0.6 is 0 Å². The summed E-state index contributed by atoms with van der Waals surface area (Å²) in [5, 5.41) is 11.9. The molecule has 0 radical (unpaired) electrons. The van der Waals surface area contributed by atoms with Crippen molar-refractivity contribution in [1.82, 2.24) is 9.97 Å². The van der Waals surface area contributed by atoms with Gasteiger partial charge in [0, 0.05) is 12.1 Å². The highest BCUT2D eigenvalue weighted by Gasteiger charge is 2.19. The Labute approximate surface area is 106 Å². The van der Waals surface area contributed by atoms with Gasteiger partial charge in [0.15, 0.2) is 0 Å². The third-order valence-corrected chi connectivity index (χ3v) is 2.51. The maximum Gasteiger partial charge on any atom is 0.308 e. The fourth-order valence-corrected chi connectivity index (χ4v) is 1.30.